The normalized spacial score (nSPS) is 32.2. The highest BCUT2D eigenvalue weighted by molar-refractivity contribution is 5.97. The average Bonchev–Trinajstić information content (AvgIpc) is 2.39. The Hall–Kier alpha value is -1.10. The van der Waals surface area contributed by atoms with Crippen LogP contribution in [0, 0.1) is 11.3 Å². The van der Waals surface area contributed by atoms with Gasteiger partial charge in [0.05, 0.1) is 6.61 Å². The maximum atomic E-state index is 12.7. The molecular formula is C15H26N2O3. The summed E-state index contributed by atoms with van der Waals surface area (Å²) in [7, 11) is 0. The van der Waals surface area contributed by atoms with Gasteiger partial charge in [-0.3, -0.25) is 9.59 Å². The molecule has 0 aromatic rings. The zero-order chi connectivity index (χ0) is 14.9. The van der Waals surface area contributed by atoms with Crippen LogP contribution in [0.15, 0.2) is 0 Å². The lowest BCUT2D eigenvalue weighted by atomic mass is 9.83. The van der Waals surface area contributed by atoms with E-state index in [1.54, 1.807) is 11.8 Å². The average molecular weight is 282 g/mol. The first-order valence-corrected chi connectivity index (χ1v) is 7.49. The minimum atomic E-state index is -0.435. The molecule has 2 heterocycles. The number of amides is 2. The molecule has 0 aromatic heterocycles. The second kappa shape index (κ2) is 5.72. The first kappa shape index (κ1) is 15.3. The number of nitrogens with zero attached hydrogens (tertiary/aromatic N) is 1. The molecule has 0 bridgehead atoms. The Labute approximate surface area is 121 Å². The van der Waals surface area contributed by atoms with Gasteiger partial charge >= 0.3 is 0 Å². The summed E-state index contributed by atoms with van der Waals surface area (Å²) >= 11 is 0. The first-order chi connectivity index (χ1) is 9.30. The molecule has 3 unspecified atom stereocenters. The SMILES string of the molecule is CC1C(=O)NC(C(C)(C)C)C(=O)N1CC1CCCOC1. The van der Waals surface area contributed by atoms with Gasteiger partial charge in [0.2, 0.25) is 11.8 Å². The van der Waals surface area contributed by atoms with Crippen LogP contribution in [-0.4, -0.2) is 48.6 Å². The zero-order valence-corrected chi connectivity index (χ0v) is 12.9. The highest BCUT2D eigenvalue weighted by Gasteiger charge is 2.44. The second-order valence-electron chi connectivity index (χ2n) is 7.06. The van der Waals surface area contributed by atoms with Crippen molar-refractivity contribution in [1.29, 1.82) is 0 Å². The van der Waals surface area contributed by atoms with E-state index in [1.807, 2.05) is 20.8 Å². The van der Waals surface area contributed by atoms with Gasteiger partial charge in [-0.1, -0.05) is 20.8 Å². The van der Waals surface area contributed by atoms with Crippen molar-refractivity contribution < 1.29 is 14.3 Å². The largest absolute Gasteiger partial charge is 0.381 e. The number of piperazine rings is 1. The molecule has 5 heteroatoms. The molecule has 2 fully saturated rings. The quantitative estimate of drug-likeness (QED) is 0.827. The van der Waals surface area contributed by atoms with Gasteiger partial charge in [0.25, 0.3) is 0 Å². The fourth-order valence-corrected chi connectivity index (χ4v) is 2.89. The number of ether oxygens (including phenoxy) is 1. The van der Waals surface area contributed by atoms with E-state index in [4.69, 9.17) is 4.74 Å². The second-order valence-corrected chi connectivity index (χ2v) is 7.06. The minimum absolute atomic E-state index is 0.0372. The highest BCUT2D eigenvalue weighted by Crippen LogP contribution is 2.26. The van der Waals surface area contributed by atoms with Crippen molar-refractivity contribution in [2.75, 3.05) is 19.8 Å². The Bertz CT molecular complexity index is 383. The van der Waals surface area contributed by atoms with Crippen molar-refractivity contribution in [2.45, 2.75) is 52.6 Å². The molecule has 20 heavy (non-hydrogen) atoms. The van der Waals surface area contributed by atoms with Crippen molar-refractivity contribution >= 4 is 11.8 Å². The van der Waals surface area contributed by atoms with Crippen LogP contribution in [0.1, 0.15) is 40.5 Å². The molecule has 0 spiro atoms. The van der Waals surface area contributed by atoms with Crippen LogP contribution in [0.25, 0.3) is 0 Å². The third-order valence-electron chi connectivity index (χ3n) is 4.24. The lowest BCUT2D eigenvalue weighted by Gasteiger charge is -2.43. The van der Waals surface area contributed by atoms with E-state index >= 15 is 0 Å². The van der Waals surface area contributed by atoms with Gasteiger partial charge in [-0.15, -0.1) is 0 Å². The molecule has 2 aliphatic rings. The monoisotopic (exact) mass is 282 g/mol. The molecule has 2 aliphatic heterocycles. The summed E-state index contributed by atoms with van der Waals surface area (Å²) in [5.74, 6) is 0.332. The summed E-state index contributed by atoms with van der Waals surface area (Å²) < 4.78 is 5.48. The predicted molar refractivity (Wildman–Crippen MR) is 76.1 cm³/mol. The summed E-state index contributed by atoms with van der Waals surface area (Å²) in [5, 5.41) is 2.86. The lowest BCUT2D eigenvalue weighted by Crippen LogP contribution is -2.66. The van der Waals surface area contributed by atoms with Crippen LogP contribution in [0.5, 0.6) is 0 Å². The maximum Gasteiger partial charge on any atom is 0.246 e. The van der Waals surface area contributed by atoms with Gasteiger partial charge in [0, 0.05) is 13.2 Å². The van der Waals surface area contributed by atoms with E-state index in [0.717, 1.165) is 19.4 Å². The van der Waals surface area contributed by atoms with E-state index in [2.05, 4.69) is 5.32 Å². The third kappa shape index (κ3) is 3.14. The smallest absolute Gasteiger partial charge is 0.246 e. The zero-order valence-electron chi connectivity index (χ0n) is 12.9. The summed E-state index contributed by atoms with van der Waals surface area (Å²) in [6.07, 6.45) is 2.11. The number of hydrogen-bond donors (Lipinski definition) is 1. The summed E-state index contributed by atoms with van der Waals surface area (Å²) in [5.41, 5.74) is -0.270. The van der Waals surface area contributed by atoms with Crippen LogP contribution in [0.3, 0.4) is 0 Å². The molecule has 0 aliphatic carbocycles. The van der Waals surface area contributed by atoms with Crippen LogP contribution in [0.4, 0.5) is 0 Å². The molecule has 2 rings (SSSR count). The molecule has 114 valence electrons. The molecule has 0 aromatic carbocycles. The van der Waals surface area contributed by atoms with Gasteiger partial charge in [-0.2, -0.15) is 0 Å². The van der Waals surface area contributed by atoms with Gasteiger partial charge < -0.3 is 15.0 Å². The Balaban J connectivity index is 2.11. The Kier molecular flexibility index (Phi) is 4.37. The Morgan fingerprint density at radius 1 is 1.35 bits per heavy atom. The Morgan fingerprint density at radius 3 is 2.60 bits per heavy atom. The molecule has 1 N–H and O–H groups in total. The van der Waals surface area contributed by atoms with E-state index < -0.39 is 6.04 Å². The maximum absolute atomic E-state index is 12.7. The first-order valence-electron chi connectivity index (χ1n) is 7.49. The fraction of sp³-hybridized carbons (Fsp3) is 0.867. The number of carbonyl (C=O) groups is 2. The van der Waals surface area contributed by atoms with E-state index in [9.17, 15) is 9.59 Å². The van der Waals surface area contributed by atoms with Crippen molar-refractivity contribution in [3.05, 3.63) is 0 Å². The number of nitrogens with one attached hydrogen (secondary N) is 1. The van der Waals surface area contributed by atoms with Gasteiger partial charge in [0.1, 0.15) is 12.1 Å². The van der Waals surface area contributed by atoms with Crippen molar-refractivity contribution in [1.82, 2.24) is 10.2 Å². The molecule has 5 nitrogen and oxygen atoms in total. The molecule has 3 atom stereocenters. The summed E-state index contributed by atoms with van der Waals surface area (Å²) in [6, 6.07) is -0.821. The van der Waals surface area contributed by atoms with Crippen molar-refractivity contribution in [3.8, 4) is 0 Å². The number of carbonyl (C=O) groups excluding carboxylic acids is 2. The van der Waals surface area contributed by atoms with Crippen LogP contribution in [0.2, 0.25) is 0 Å². The predicted octanol–water partition coefficient (Wildman–Crippen LogP) is 1.17. The minimum Gasteiger partial charge on any atom is -0.381 e. The van der Waals surface area contributed by atoms with E-state index in [-0.39, 0.29) is 23.3 Å². The van der Waals surface area contributed by atoms with Crippen molar-refractivity contribution in [3.63, 3.8) is 0 Å². The lowest BCUT2D eigenvalue weighted by molar-refractivity contribution is -0.153. The van der Waals surface area contributed by atoms with Gasteiger partial charge in [-0.25, -0.2) is 0 Å². The molecule has 2 saturated heterocycles. The van der Waals surface area contributed by atoms with Gasteiger partial charge in [0.15, 0.2) is 0 Å². The Morgan fingerprint density at radius 2 is 2.05 bits per heavy atom. The van der Waals surface area contributed by atoms with Crippen LogP contribution < -0.4 is 5.32 Å². The van der Waals surface area contributed by atoms with Gasteiger partial charge in [-0.05, 0) is 31.1 Å². The number of hydrogen-bond acceptors (Lipinski definition) is 3. The molecule has 2 amide bonds. The molecule has 0 saturated carbocycles. The summed E-state index contributed by atoms with van der Waals surface area (Å²) in [4.78, 5) is 26.5. The van der Waals surface area contributed by atoms with Crippen LogP contribution in [-0.2, 0) is 14.3 Å². The van der Waals surface area contributed by atoms with Crippen LogP contribution >= 0.6 is 0 Å². The topological polar surface area (TPSA) is 58.6 Å². The third-order valence-corrected chi connectivity index (χ3v) is 4.24. The molecular weight excluding hydrogens is 256 g/mol. The molecule has 0 radical (unpaired) electrons. The highest BCUT2D eigenvalue weighted by atomic mass is 16.5. The fourth-order valence-electron chi connectivity index (χ4n) is 2.89. The van der Waals surface area contributed by atoms with E-state index in [0.29, 0.717) is 19.1 Å². The standard InChI is InChI=1S/C15H26N2O3/c1-10-13(18)16-12(15(2,3)4)14(19)17(10)8-11-6-5-7-20-9-11/h10-12H,5-9H2,1-4H3,(H,16,18). The van der Waals surface area contributed by atoms with Crippen molar-refractivity contribution in [2.24, 2.45) is 11.3 Å². The number of rotatable bonds is 2. The van der Waals surface area contributed by atoms with E-state index in [1.165, 1.54) is 0 Å². The summed E-state index contributed by atoms with van der Waals surface area (Å²) in [6.45, 7) is 9.87.